The Kier molecular flexibility index (Phi) is 46.6. The van der Waals surface area contributed by atoms with Gasteiger partial charge in [-0.2, -0.15) is 8.42 Å². The first-order valence-electron chi connectivity index (χ1n) is 18.1. The molecular weight excluding hydrogens is 582 g/mol. The molecule has 0 saturated heterocycles. The summed E-state index contributed by atoms with van der Waals surface area (Å²) in [6.45, 7) is 8.34. The highest BCUT2D eigenvalue weighted by Gasteiger charge is 2.00. The third kappa shape index (κ3) is 57.3. The number of rotatable bonds is 32. The number of unbranched alkanes of at least 4 members (excludes halogenated alkanes) is 22. The summed E-state index contributed by atoms with van der Waals surface area (Å²) in [4.78, 5) is 1.79. The van der Waals surface area contributed by atoms with Gasteiger partial charge in [0.25, 0.3) is 0 Å². The maximum Gasteiger partial charge on any atom is 0.394 e. The molecule has 0 aromatic heterocycles. The average molecular weight is 658 g/mol. The normalized spacial score (nSPS) is 11.3. The Labute approximate surface area is 273 Å². The van der Waals surface area contributed by atoms with E-state index in [4.69, 9.17) is 37.6 Å². The predicted molar refractivity (Wildman–Crippen MR) is 185 cm³/mol. The molecule has 0 spiro atoms. The van der Waals surface area contributed by atoms with Crippen LogP contribution in [0.15, 0.2) is 0 Å². The molecular formula is C34H75NO8S. The van der Waals surface area contributed by atoms with E-state index in [1.165, 1.54) is 154 Å². The van der Waals surface area contributed by atoms with Crippen molar-refractivity contribution in [1.82, 2.24) is 4.90 Å². The van der Waals surface area contributed by atoms with Crippen molar-refractivity contribution in [3.8, 4) is 0 Å². The molecule has 0 rings (SSSR count). The summed E-state index contributed by atoms with van der Waals surface area (Å²) in [5, 5.41) is 25.5. The standard InChI is InChI=1S/C28H58O.C6H15NO3.H2O4S/c1-3-5-7-9-11-13-15-17-19-21-23-25-27-29-28-26-24-22-20-18-16-14-12-10-8-6-4-2;8-4-1-7(2-5-9)3-6-10;1-5(2,3)4/h3-28H2,1-2H3;8-10H,1-6H2;(H2,1,2,3,4). The molecule has 0 aliphatic carbocycles. The smallest absolute Gasteiger partial charge is 0.394 e. The van der Waals surface area contributed by atoms with Gasteiger partial charge in [0.05, 0.1) is 19.8 Å². The molecule has 10 heteroatoms. The second kappa shape index (κ2) is 42.7. The molecule has 0 fully saturated rings. The summed E-state index contributed by atoms with van der Waals surface area (Å²) in [5.74, 6) is 0. The van der Waals surface area contributed by atoms with Crippen LogP contribution in [0.25, 0.3) is 0 Å². The molecule has 0 aromatic rings. The van der Waals surface area contributed by atoms with Gasteiger partial charge in [-0.25, -0.2) is 0 Å². The van der Waals surface area contributed by atoms with E-state index in [-0.39, 0.29) is 19.8 Å². The molecule has 0 atom stereocenters. The number of hydrogen-bond acceptors (Lipinski definition) is 7. The molecule has 0 bridgehead atoms. The Morgan fingerprint density at radius 1 is 0.432 bits per heavy atom. The summed E-state index contributed by atoms with van der Waals surface area (Å²) in [6, 6.07) is 0. The summed E-state index contributed by atoms with van der Waals surface area (Å²) < 4.78 is 37.4. The highest BCUT2D eigenvalue weighted by molar-refractivity contribution is 7.79. The number of aliphatic hydroxyl groups excluding tert-OH is 3. The minimum atomic E-state index is -4.67. The van der Waals surface area contributed by atoms with E-state index in [1.54, 1.807) is 4.90 Å². The van der Waals surface area contributed by atoms with Crippen LogP contribution >= 0.6 is 0 Å². The molecule has 0 unspecified atom stereocenters. The van der Waals surface area contributed by atoms with Crippen LogP contribution in [0.2, 0.25) is 0 Å². The Hall–Kier alpha value is -0.330. The van der Waals surface area contributed by atoms with Crippen molar-refractivity contribution < 1.29 is 37.6 Å². The van der Waals surface area contributed by atoms with E-state index in [0.29, 0.717) is 19.6 Å². The second-order valence-electron chi connectivity index (χ2n) is 11.9. The zero-order valence-electron chi connectivity index (χ0n) is 28.9. The van der Waals surface area contributed by atoms with Crippen LogP contribution < -0.4 is 0 Å². The first-order valence-corrected chi connectivity index (χ1v) is 19.5. The molecule has 44 heavy (non-hydrogen) atoms. The highest BCUT2D eigenvalue weighted by Crippen LogP contribution is 2.13. The van der Waals surface area contributed by atoms with Crippen molar-refractivity contribution in [1.29, 1.82) is 0 Å². The minimum Gasteiger partial charge on any atom is -0.395 e. The van der Waals surface area contributed by atoms with Gasteiger partial charge in [0.1, 0.15) is 0 Å². The van der Waals surface area contributed by atoms with E-state index in [1.807, 2.05) is 0 Å². The zero-order chi connectivity index (χ0) is 33.4. The van der Waals surface area contributed by atoms with Crippen molar-refractivity contribution in [2.24, 2.45) is 0 Å². The summed E-state index contributed by atoms with van der Waals surface area (Å²) in [7, 11) is -4.67. The number of ether oxygens (including phenoxy) is 1. The van der Waals surface area contributed by atoms with Gasteiger partial charge in [0.2, 0.25) is 0 Å². The highest BCUT2D eigenvalue weighted by atomic mass is 32.3. The predicted octanol–water partition coefficient (Wildman–Crippen LogP) is 8.02. The summed E-state index contributed by atoms with van der Waals surface area (Å²) >= 11 is 0. The van der Waals surface area contributed by atoms with Gasteiger partial charge in [-0.15, -0.1) is 0 Å². The average Bonchev–Trinajstić information content (AvgIpc) is 2.97. The van der Waals surface area contributed by atoms with Gasteiger partial charge in [-0.1, -0.05) is 155 Å². The number of nitrogens with zero attached hydrogens (tertiary/aromatic N) is 1. The van der Waals surface area contributed by atoms with Crippen molar-refractivity contribution in [3.63, 3.8) is 0 Å². The monoisotopic (exact) mass is 658 g/mol. The fourth-order valence-electron chi connectivity index (χ4n) is 4.95. The van der Waals surface area contributed by atoms with Crippen LogP contribution in [0.1, 0.15) is 168 Å². The van der Waals surface area contributed by atoms with Gasteiger partial charge in [0.15, 0.2) is 0 Å². The molecule has 0 aromatic carbocycles. The van der Waals surface area contributed by atoms with Crippen molar-refractivity contribution in [2.45, 2.75) is 168 Å². The second-order valence-corrected chi connectivity index (χ2v) is 12.7. The third-order valence-electron chi connectivity index (χ3n) is 7.53. The molecule has 0 aliphatic heterocycles. The van der Waals surface area contributed by atoms with Crippen LogP contribution in [0.4, 0.5) is 0 Å². The van der Waals surface area contributed by atoms with Gasteiger partial charge in [0, 0.05) is 32.8 Å². The summed E-state index contributed by atoms with van der Waals surface area (Å²) in [5.41, 5.74) is 0. The molecule has 0 heterocycles. The first-order chi connectivity index (χ1) is 21.3. The van der Waals surface area contributed by atoms with E-state index in [9.17, 15) is 0 Å². The Balaban J connectivity index is -0.000000916. The van der Waals surface area contributed by atoms with Crippen LogP contribution in [-0.2, 0) is 15.1 Å². The molecule has 270 valence electrons. The van der Waals surface area contributed by atoms with Crippen molar-refractivity contribution in [3.05, 3.63) is 0 Å². The topological polar surface area (TPSA) is 148 Å². The molecule has 0 radical (unpaired) electrons. The molecule has 0 aliphatic rings. The van der Waals surface area contributed by atoms with Crippen molar-refractivity contribution in [2.75, 3.05) is 52.7 Å². The maximum atomic E-state index is 8.74. The maximum absolute atomic E-state index is 8.74. The Morgan fingerprint density at radius 3 is 0.841 bits per heavy atom. The lowest BCUT2D eigenvalue weighted by atomic mass is 10.1. The van der Waals surface area contributed by atoms with Gasteiger partial charge >= 0.3 is 10.4 Å². The third-order valence-corrected chi connectivity index (χ3v) is 7.53. The zero-order valence-corrected chi connectivity index (χ0v) is 29.8. The van der Waals surface area contributed by atoms with Gasteiger partial charge in [-0.3, -0.25) is 14.0 Å². The van der Waals surface area contributed by atoms with Crippen LogP contribution in [0.3, 0.4) is 0 Å². The molecule has 0 amide bonds. The van der Waals surface area contributed by atoms with Crippen LogP contribution in [0.5, 0.6) is 0 Å². The minimum absolute atomic E-state index is 0.0694. The first kappa shape index (κ1) is 48.1. The van der Waals surface area contributed by atoms with E-state index >= 15 is 0 Å². The number of hydrogen-bond donors (Lipinski definition) is 5. The Morgan fingerprint density at radius 2 is 0.636 bits per heavy atom. The van der Waals surface area contributed by atoms with Gasteiger partial charge in [-0.05, 0) is 12.8 Å². The lowest BCUT2D eigenvalue weighted by Gasteiger charge is -2.17. The molecule has 5 N–H and O–H groups in total. The SMILES string of the molecule is CCCCCCCCCCCCCCOCCCCCCCCCCCCCC.O=S(=O)(O)O.OCCN(CCO)CCO. The van der Waals surface area contributed by atoms with E-state index in [0.717, 1.165) is 13.2 Å². The Bertz CT molecular complexity index is 548. The molecule has 9 nitrogen and oxygen atoms in total. The van der Waals surface area contributed by atoms with Gasteiger partial charge < -0.3 is 20.1 Å². The quantitative estimate of drug-likeness (QED) is 0.0358. The van der Waals surface area contributed by atoms with E-state index in [2.05, 4.69) is 13.8 Å². The summed E-state index contributed by atoms with van der Waals surface area (Å²) in [6.07, 6.45) is 34.1. The lowest BCUT2D eigenvalue weighted by Crippen LogP contribution is -2.32. The van der Waals surface area contributed by atoms with Crippen molar-refractivity contribution >= 4 is 10.4 Å². The molecule has 0 saturated carbocycles. The largest absolute Gasteiger partial charge is 0.395 e. The lowest BCUT2D eigenvalue weighted by molar-refractivity contribution is 0.125. The van der Waals surface area contributed by atoms with Crippen LogP contribution in [0, 0.1) is 0 Å². The van der Waals surface area contributed by atoms with Crippen LogP contribution in [-0.4, -0.2) is 90.4 Å². The fourth-order valence-corrected chi connectivity index (χ4v) is 4.95. The number of aliphatic hydroxyl groups is 3. The van der Waals surface area contributed by atoms with E-state index < -0.39 is 10.4 Å². The fraction of sp³-hybridized carbons (Fsp3) is 1.00.